The Kier molecular flexibility index (Phi) is 5.69. The molecule has 0 N–H and O–H groups in total. The van der Waals surface area contributed by atoms with E-state index in [4.69, 9.17) is 0 Å². The zero-order valence-corrected chi connectivity index (χ0v) is 16.5. The molecule has 2 heterocycles. The van der Waals surface area contributed by atoms with E-state index in [-0.39, 0.29) is 23.1 Å². The predicted octanol–water partition coefficient (Wildman–Crippen LogP) is 3.77. The molecule has 2 saturated heterocycles. The summed E-state index contributed by atoms with van der Waals surface area (Å²) in [5.41, 5.74) is 2.08. The summed E-state index contributed by atoms with van der Waals surface area (Å²) in [6.45, 7) is 9.10. The average Bonchev–Trinajstić information content (AvgIpc) is 3.05. The maximum atomic E-state index is 13.3. The van der Waals surface area contributed by atoms with E-state index in [1.807, 2.05) is 9.80 Å². The molecule has 4 nitrogen and oxygen atoms in total. The molecule has 1 aromatic rings. The van der Waals surface area contributed by atoms with E-state index in [9.17, 15) is 9.59 Å². The molecule has 3 rings (SSSR count). The van der Waals surface area contributed by atoms with Crippen LogP contribution in [0.1, 0.15) is 57.1 Å². The summed E-state index contributed by atoms with van der Waals surface area (Å²) in [4.78, 5) is 30.0. The number of benzene rings is 1. The molecule has 1 spiro atoms. The highest BCUT2D eigenvalue weighted by molar-refractivity contribution is 5.86. The number of hydrogen-bond acceptors (Lipinski definition) is 2. The van der Waals surface area contributed by atoms with E-state index in [0.717, 1.165) is 45.2 Å². The van der Waals surface area contributed by atoms with Crippen LogP contribution >= 0.6 is 0 Å². The molecule has 0 saturated carbocycles. The summed E-state index contributed by atoms with van der Waals surface area (Å²) >= 11 is 0. The Labute approximate surface area is 157 Å². The fourth-order valence-corrected chi connectivity index (χ4v) is 4.67. The summed E-state index contributed by atoms with van der Waals surface area (Å²) in [6, 6.07) is 8.40. The summed E-state index contributed by atoms with van der Waals surface area (Å²) in [5.74, 6) is 0.604. The third-order valence-corrected chi connectivity index (χ3v) is 6.28. The van der Waals surface area contributed by atoms with Crippen LogP contribution < -0.4 is 0 Å². The highest BCUT2D eigenvalue weighted by Crippen LogP contribution is 2.41. The molecule has 2 aliphatic heterocycles. The van der Waals surface area contributed by atoms with E-state index in [0.29, 0.717) is 13.1 Å². The first-order valence-corrected chi connectivity index (χ1v) is 10.1. The van der Waals surface area contributed by atoms with Crippen molar-refractivity contribution in [3.8, 4) is 0 Å². The second-order valence-corrected chi connectivity index (χ2v) is 8.12. The first-order valence-electron chi connectivity index (χ1n) is 10.1. The van der Waals surface area contributed by atoms with Crippen LogP contribution in [0.2, 0.25) is 0 Å². The Morgan fingerprint density at radius 1 is 1.19 bits per heavy atom. The molecule has 1 aromatic carbocycles. The second kappa shape index (κ2) is 7.81. The third-order valence-electron chi connectivity index (χ3n) is 6.28. The van der Waals surface area contributed by atoms with Crippen LogP contribution in [0, 0.1) is 18.3 Å². The number of rotatable bonds is 5. The number of hydrogen-bond donors (Lipinski definition) is 0. The van der Waals surface area contributed by atoms with Gasteiger partial charge < -0.3 is 9.80 Å². The topological polar surface area (TPSA) is 40.6 Å². The molecule has 4 heteroatoms. The normalized spacial score (nSPS) is 23.3. The number of piperidine rings is 1. The molecule has 26 heavy (non-hydrogen) atoms. The molecular weight excluding hydrogens is 324 g/mol. The van der Waals surface area contributed by atoms with Gasteiger partial charge >= 0.3 is 0 Å². The lowest BCUT2D eigenvalue weighted by Crippen LogP contribution is -2.50. The second-order valence-electron chi connectivity index (χ2n) is 8.12. The molecule has 0 radical (unpaired) electrons. The summed E-state index contributed by atoms with van der Waals surface area (Å²) in [6.07, 6.45) is 4.54. The Balaban J connectivity index is 1.70. The van der Waals surface area contributed by atoms with Gasteiger partial charge in [0.05, 0.1) is 5.41 Å². The van der Waals surface area contributed by atoms with E-state index < -0.39 is 0 Å². The lowest BCUT2D eigenvalue weighted by molar-refractivity contribution is -0.147. The van der Waals surface area contributed by atoms with Crippen LogP contribution in [0.15, 0.2) is 24.3 Å². The standard InChI is InChI=1S/C22H32N2O2/c1-4-19(5-2)20(25)24-13-11-22(16-24)10-7-12-23(21(22)26)15-18-9-6-8-17(3)14-18/h6,8-9,14,19H,4-5,7,10-13,15-16H2,1-3H3/t22-/m1/s1. The van der Waals surface area contributed by atoms with Gasteiger partial charge in [-0.05, 0) is 44.6 Å². The fraction of sp³-hybridized carbons (Fsp3) is 0.636. The molecule has 2 aliphatic rings. The number of amides is 2. The molecule has 2 amide bonds. The number of nitrogens with zero attached hydrogens (tertiary/aromatic N) is 2. The summed E-state index contributed by atoms with van der Waals surface area (Å²) in [7, 11) is 0. The van der Waals surface area contributed by atoms with Crippen molar-refractivity contribution in [3.05, 3.63) is 35.4 Å². The molecular formula is C22H32N2O2. The van der Waals surface area contributed by atoms with E-state index in [1.165, 1.54) is 11.1 Å². The van der Waals surface area contributed by atoms with Gasteiger partial charge in [-0.1, -0.05) is 43.7 Å². The molecule has 0 unspecified atom stereocenters. The maximum absolute atomic E-state index is 13.3. The van der Waals surface area contributed by atoms with Crippen molar-refractivity contribution in [3.63, 3.8) is 0 Å². The van der Waals surface area contributed by atoms with Gasteiger partial charge in [0.15, 0.2) is 0 Å². The van der Waals surface area contributed by atoms with Crippen LogP contribution in [-0.2, 0) is 16.1 Å². The van der Waals surface area contributed by atoms with Crippen molar-refractivity contribution in [2.45, 2.75) is 59.4 Å². The lowest BCUT2D eigenvalue weighted by atomic mass is 9.78. The zero-order chi connectivity index (χ0) is 18.7. The van der Waals surface area contributed by atoms with Crippen molar-refractivity contribution in [2.75, 3.05) is 19.6 Å². The number of carbonyl (C=O) groups excluding carboxylic acids is 2. The van der Waals surface area contributed by atoms with E-state index >= 15 is 0 Å². The van der Waals surface area contributed by atoms with E-state index in [2.05, 4.69) is 45.0 Å². The average molecular weight is 357 g/mol. The van der Waals surface area contributed by atoms with Gasteiger partial charge in [0.1, 0.15) is 0 Å². The van der Waals surface area contributed by atoms with Gasteiger partial charge in [-0.3, -0.25) is 9.59 Å². The van der Waals surface area contributed by atoms with Gasteiger partial charge in [-0.25, -0.2) is 0 Å². The molecule has 0 aromatic heterocycles. The smallest absolute Gasteiger partial charge is 0.230 e. The van der Waals surface area contributed by atoms with Crippen LogP contribution in [0.3, 0.4) is 0 Å². The molecule has 0 aliphatic carbocycles. The Morgan fingerprint density at radius 2 is 1.96 bits per heavy atom. The zero-order valence-electron chi connectivity index (χ0n) is 16.5. The van der Waals surface area contributed by atoms with Crippen molar-refractivity contribution < 1.29 is 9.59 Å². The van der Waals surface area contributed by atoms with Gasteiger partial charge in [-0.2, -0.15) is 0 Å². The molecule has 142 valence electrons. The first kappa shape index (κ1) is 18.9. The van der Waals surface area contributed by atoms with Crippen LogP contribution in [0.25, 0.3) is 0 Å². The Bertz CT molecular complexity index is 668. The van der Waals surface area contributed by atoms with Gasteiger partial charge in [0.25, 0.3) is 0 Å². The van der Waals surface area contributed by atoms with Gasteiger partial charge in [0, 0.05) is 32.1 Å². The quantitative estimate of drug-likeness (QED) is 0.806. The van der Waals surface area contributed by atoms with Gasteiger partial charge in [-0.15, -0.1) is 0 Å². The number of carbonyl (C=O) groups is 2. The largest absolute Gasteiger partial charge is 0.341 e. The predicted molar refractivity (Wildman–Crippen MR) is 104 cm³/mol. The molecule has 1 atom stereocenters. The first-order chi connectivity index (χ1) is 12.5. The Morgan fingerprint density at radius 3 is 2.65 bits per heavy atom. The highest BCUT2D eigenvalue weighted by Gasteiger charge is 2.49. The van der Waals surface area contributed by atoms with Crippen molar-refractivity contribution in [1.29, 1.82) is 0 Å². The Hall–Kier alpha value is -1.84. The minimum absolute atomic E-state index is 0.104. The molecule has 0 bridgehead atoms. The minimum Gasteiger partial charge on any atom is -0.341 e. The number of aryl methyl sites for hydroxylation is 1. The van der Waals surface area contributed by atoms with Crippen LogP contribution in [0.4, 0.5) is 0 Å². The summed E-state index contributed by atoms with van der Waals surface area (Å²) in [5, 5.41) is 0. The van der Waals surface area contributed by atoms with Gasteiger partial charge in [0.2, 0.25) is 11.8 Å². The maximum Gasteiger partial charge on any atom is 0.230 e. The third kappa shape index (κ3) is 3.65. The van der Waals surface area contributed by atoms with Crippen molar-refractivity contribution in [1.82, 2.24) is 9.80 Å². The summed E-state index contributed by atoms with van der Waals surface area (Å²) < 4.78 is 0. The lowest BCUT2D eigenvalue weighted by Gasteiger charge is -2.39. The van der Waals surface area contributed by atoms with Crippen molar-refractivity contribution in [2.24, 2.45) is 11.3 Å². The SMILES string of the molecule is CCC(CC)C(=O)N1CC[C@]2(CCCN(Cc3cccc(C)c3)C2=O)C1. The molecule has 2 fully saturated rings. The van der Waals surface area contributed by atoms with Crippen molar-refractivity contribution >= 4 is 11.8 Å². The van der Waals surface area contributed by atoms with Crippen LogP contribution in [-0.4, -0.2) is 41.2 Å². The van der Waals surface area contributed by atoms with Crippen LogP contribution in [0.5, 0.6) is 0 Å². The monoisotopic (exact) mass is 356 g/mol. The highest BCUT2D eigenvalue weighted by atomic mass is 16.2. The number of likely N-dealkylation sites (tertiary alicyclic amines) is 2. The minimum atomic E-state index is -0.343. The fourth-order valence-electron chi connectivity index (χ4n) is 4.67. The van der Waals surface area contributed by atoms with E-state index in [1.54, 1.807) is 0 Å².